The number of hydrogen-bond donors (Lipinski definition) is 0. The van der Waals surface area contributed by atoms with Crippen molar-refractivity contribution in [2.45, 2.75) is 64.9 Å². The average molecular weight is 386 g/mol. The molecule has 0 aromatic heterocycles. The highest BCUT2D eigenvalue weighted by molar-refractivity contribution is 5.89. The quantitative estimate of drug-likeness (QED) is 0.713. The van der Waals surface area contributed by atoms with E-state index in [1.807, 2.05) is 27.7 Å². The highest BCUT2D eigenvalue weighted by atomic mass is 16.6. The number of ether oxygens (including phenoxy) is 2. The summed E-state index contributed by atoms with van der Waals surface area (Å²) in [5, 5.41) is 0. The number of nitrogens with zero attached hydrogens (tertiary/aromatic N) is 1. The van der Waals surface area contributed by atoms with Gasteiger partial charge in [-0.15, -0.1) is 0 Å². The Balaban J connectivity index is 1.81. The van der Waals surface area contributed by atoms with Gasteiger partial charge in [-0.3, -0.25) is 4.79 Å². The first kappa shape index (κ1) is 20.4. The van der Waals surface area contributed by atoms with Crippen LogP contribution in [0.1, 0.15) is 63.6 Å². The summed E-state index contributed by atoms with van der Waals surface area (Å²) in [5.41, 5.74) is 4.05. The van der Waals surface area contributed by atoms with Gasteiger partial charge >= 0.3 is 12.1 Å². The van der Waals surface area contributed by atoms with E-state index in [2.05, 4.69) is 31.2 Å². The molecule has 0 atom stereocenters. The maximum Gasteiger partial charge on any atom is 0.410 e. The molecule has 0 unspecified atom stereocenters. The summed E-state index contributed by atoms with van der Waals surface area (Å²) >= 11 is 0. The second-order valence-electron chi connectivity index (χ2n) is 8.82. The fourth-order valence-electron chi connectivity index (χ4n) is 4.18. The predicted octanol–water partition coefficient (Wildman–Crippen LogP) is 4.61. The van der Waals surface area contributed by atoms with Gasteiger partial charge in [0.05, 0.1) is 13.0 Å². The molecule has 5 nitrogen and oxygen atoms in total. The van der Waals surface area contributed by atoms with Gasteiger partial charge in [0.2, 0.25) is 0 Å². The van der Waals surface area contributed by atoms with Crippen LogP contribution in [-0.2, 0) is 19.7 Å². The molecule has 2 aliphatic rings. The number of amides is 1. The van der Waals surface area contributed by atoms with E-state index >= 15 is 0 Å². The number of likely N-dealkylation sites (tertiary alicyclic amines) is 1. The van der Waals surface area contributed by atoms with Crippen LogP contribution < -0.4 is 0 Å². The largest absolute Gasteiger partial charge is 0.466 e. The summed E-state index contributed by atoms with van der Waals surface area (Å²) in [6.45, 7) is 11.3. The lowest BCUT2D eigenvalue weighted by atomic mass is 9.74. The molecule has 5 heteroatoms. The lowest BCUT2D eigenvalue weighted by molar-refractivity contribution is -0.141. The van der Waals surface area contributed by atoms with E-state index in [4.69, 9.17) is 9.47 Å². The molecule has 3 rings (SSSR count). The first-order valence-corrected chi connectivity index (χ1v) is 10.1. The van der Waals surface area contributed by atoms with Crippen LogP contribution in [-0.4, -0.2) is 42.3 Å². The van der Waals surface area contributed by atoms with Crippen molar-refractivity contribution in [1.82, 2.24) is 4.90 Å². The molecule has 1 aromatic carbocycles. The van der Waals surface area contributed by atoms with Crippen molar-refractivity contribution >= 4 is 17.6 Å². The Morgan fingerprint density at radius 3 is 2.46 bits per heavy atom. The van der Waals surface area contributed by atoms with Gasteiger partial charge in [0.15, 0.2) is 0 Å². The van der Waals surface area contributed by atoms with Crippen molar-refractivity contribution in [2.75, 3.05) is 19.7 Å². The van der Waals surface area contributed by atoms with Crippen molar-refractivity contribution in [3.8, 4) is 0 Å². The molecule has 28 heavy (non-hydrogen) atoms. The van der Waals surface area contributed by atoms with Gasteiger partial charge in [0.25, 0.3) is 0 Å². The van der Waals surface area contributed by atoms with Crippen molar-refractivity contribution in [1.29, 1.82) is 0 Å². The molecule has 1 amide bonds. The van der Waals surface area contributed by atoms with Crippen LogP contribution in [0, 0.1) is 6.92 Å². The summed E-state index contributed by atoms with van der Waals surface area (Å²) in [7, 11) is 0. The van der Waals surface area contributed by atoms with Gasteiger partial charge in [0.1, 0.15) is 5.60 Å². The van der Waals surface area contributed by atoms with Crippen LogP contribution in [0.5, 0.6) is 0 Å². The number of fused-ring (bicyclic) bond motifs is 2. The van der Waals surface area contributed by atoms with Crippen molar-refractivity contribution < 1.29 is 19.1 Å². The zero-order chi connectivity index (χ0) is 20.5. The van der Waals surface area contributed by atoms with Gasteiger partial charge in [-0.25, -0.2) is 4.79 Å². The fraction of sp³-hybridized carbons (Fsp3) is 0.565. The van der Waals surface area contributed by atoms with Crippen LogP contribution in [0.4, 0.5) is 4.79 Å². The first-order valence-electron chi connectivity index (χ1n) is 10.1. The minimum atomic E-state index is -0.490. The highest BCUT2D eigenvalue weighted by Gasteiger charge is 2.42. The van der Waals surface area contributed by atoms with E-state index in [9.17, 15) is 9.59 Å². The van der Waals surface area contributed by atoms with Crippen LogP contribution in [0.2, 0.25) is 0 Å². The standard InChI is InChI=1S/C23H31NO4/c1-6-27-20(25)14-17-15-23(19-13-16(2)7-8-18(17)19)9-11-24(12-10-23)21(26)28-22(3,4)5/h7-8,13,15H,6,9-12,14H2,1-5H3. The zero-order valence-electron chi connectivity index (χ0n) is 17.6. The molecule has 1 aromatic rings. The van der Waals surface area contributed by atoms with Crippen molar-refractivity contribution in [3.05, 3.63) is 41.0 Å². The molecule has 152 valence electrons. The van der Waals surface area contributed by atoms with E-state index in [1.165, 1.54) is 11.1 Å². The Labute approximate surface area is 167 Å². The Morgan fingerprint density at radius 2 is 1.86 bits per heavy atom. The van der Waals surface area contributed by atoms with Gasteiger partial charge in [-0.2, -0.15) is 0 Å². The maximum absolute atomic E-state index is 12.4. The number of piperidine rings is 1. The zero-order valence-corrected chi connectivity index (χ0v) is 17.6. The molecule has 1 aliphatic carbocycles. The maximum atomic E-state index is 12.4. The minimum absolute atomic E-state index is 0.123. The van der Waals surface area contributed by atoms with E-state index in [0.717, 1.165) is 24.0 Å². The molecule has 1 fully saturated rings. The number of aryl methyl sites for hydroxylation is 1. The molecule has 0 N–H and O–H groups in total. The minimum Gasteiger partial charge on any atom is -0.466 e. The second kappa shape index (κ2) is 7.61. The lowest BCUT2D eigenvalue weighted by Gasteiger charge is -2.39. The van der Waals surface area contributed by atoms with Gasteiger partial charge in [-0.1, -0.05) is 29.8 Å². The normalized spacial score (nSPS) is 17.9. The first-order chi connectivity index (χ1) is 13.1. The number of benzene rings is 1. The second-order valence-corrected chi connectivity index (χ2v) is 8.82. The van der Waals surface area contributed by atoms with Gasteiger partial charge < -0.3 is 14.4 Å². The Hall–Kier alpha value is -2.30. The predicted molar refractivity (Wildman–Crippen MR) is 109 cm³/mol. The SMILES string of the molecule is CCOC(=O)CC1=CC2(CCN(C(=O)OC(C)(C)C)CC2)c2cc(C)ccc21. The summed E-state index contributed by atoms with van der Waals surface area (Å²) in [6, 6.07) is 6.44. The number of rotatable bonds is 3. The Morgan fingerprint density at radius 1 is 1.18 bits per heavy atom. The Bertz CT molecular complexity index is 795. The van der Waals surface area contributed by atoms with E-state index in [0.29, 0.717) is 26.1 Å². The van der Waals surface area contributed by atoms with Crippen molar-refractivity contribution in [3.63, 3.8) is 0 Å². The van der Waals surface area contributed by atoms with Crippen LogP contribution in [0.15, 0.2) is 24.3 Å². The third kappa shape index (κ3) is 4.23. The summed E-state index contributed by atoms with van der Waals surface area (Å²) < 4.78 is 10.7. The van der Waals surface area contributed by atoms with Crippen LogP contribution >= 0.6 is 0 Å². The number of hydrogen-bond acceptors (Lipinski definition) is 4. The smallest absolute Gasteiger partial charge is 0.410 e. The van der Waals surface area contributed by atoms with Gasteiger partial charge in [0, 0.05) is 18.5 Å². The monoisotopic (exact) mass is 385 g/mol. The van der Waals surface area contributed by atoms with E-state index < -0.39 is 5.60 Å². The lowest BCUT2D eigenvalue weighted by Crippen LogP contribution is -2.45. The summed E-state index contributed by atoms with van der Waals surface area (Å²) in [5.74, 6) is -0.191. The van der Waals surface area contributed by atoms with E-state index in [-0.39, 0.29) is 17.5 Å². The number of allylic oxidation sites excluding steroid dienone is 1. The topological polar surface area (TPSA) is 55.8 Å². The molecular formula is C23H31NO4. The number of esters is 1. The van der Waals surface area contributed by atoms with Crippen molar-refractivity contribution in [2.24, 2.45) is 0 Å². The molecule has 0 radical (unpaired) electrons. The molecule has 0 bridgehead atoms. The Kier molecular flexibility index (Phi) is 5.55. The third-order valence-electron chi connectivity index (χ3n) is 5.46. The molecule has 0 saturated carbocycles. The molecule has 1 aliphatic heterocycles. The number of carbonyl (C=O) groups excluding carboxylic acids is 2. The van der Waals surface area contributed by atoms with E-state index in [1.54, 1.807) is 4.90 Å². The molecule has 1 heterocycles. The fourth-order valence-corrected chi connectivity index (χ4v) is 4.18. The summed E-state index contributed by atoms with van der Waals surface area (Å²) in [4.78, 5) is 26.3. The van der Waals surface area contributed by atoms with Crippen LogP contribution in [0.3, 0.4) is 0 Å². The molecule has 1 spiro atoms. The summed E-state index contributed by atoms with van der Waals surface area (Å²) in [6.07, 6.45) is 3.95. The van der Waals surface area contributed by atoms with Gasteiger partial charge in [-0.05, 0) is 64.2 Å². The molecular weight excluding hydrogens is 354 g/mol. The highest BCUT2D eigenvalue weighted by Crippen LogP contribution is 2.48. The molecule has 1 saturated heterocycles. The van der Waals surface area contributed by atoms with Crippen LogP contribution in [0.25, 0.3) is 5.57 Å². The average Bonchev–Trinajstić information content (AvgIpc) is 2.87. The number of carbonyl (C=O) groups is 2. The third-order valence-corrected chi connectivity index (χ3v) is 5.46.